The third kappa shape index (κ3) is 3.92. The fraction of sp³-hybridized carbons (Fsp3) is 0.167. The molecule has 0 unspecified atom stereocenters. The normalized spacial score (nSPS) is 10.6. The van der Waals surface area contributed by atoms with Gasteiger partial charge in [-0.15, -0.1) is 0 Å². The third-order valence-electron chi connectivity index (χ3n) is 3.53. The first-order chi connectivity index (χ1) is 11.3. The lowest BCUT2D eigenvalue weighted by atomic mass is 9.90. The van der Waals surface area contributed by atoms with Crippen LogP contribution in [0.2, 0.25) is 5.02 Å². The number of anilines is 2. The first-order valence-corrected chi connectivity index (χ1v) is 7.60. The van der Waals surface area contributed by atoms with Crippen molar-refractivity contribution >= 4 is 34.8 Å². The van der Waals surface area contributed by atoms with Crippen LogP contribution in [0.15, 0.2) is 48.5 Å². The Morgan fingerprint density at radius 2 is 1.58 bits per heavy atom. The third-order valence-corrected chi connectivity index (χ3v) is 3.79. The van der Waals surface area contributed by atoms with Crippen molar-refractivity contribution in [3.8, 4) is 6.07 Å². The number of amides is 2. The van der Waals surface area contributed by atoms with Gasteiger partial charge in [-0.05, 0) is 50.2 Å². The van der Waals surface area contributed by atoms with Gasteiger partial charge in [-0.3, -0.25) is 9.59 Å². The number of nitrogens with one attached hydrogen (secondary N) is 2. The van der Waals surface area contributed by atoms with Crippen molar-refractivity contribution in [2.24, 2.45) is 5.41 Å². The Hall–Kier alpha value is -2.84. The minimum absolute atomic E-state index is 0.333. The van der Waals surface area contributed by atoms with E-state index in [1.54, 1.807) is 48.5 Å². The van der Waals surface area contributed by atoms with Crippen LogP contribution in [0.5, 0.6) is 0 Å². The number of hydrogen-bond acceptors (Lipinski definition) is 3. The summed E-state index contributed by atoms with van der Waals surface area (Å²) < 4.78 is 0. The molecule has 0 saturated heterocycles. The van der Waals surface area contributed by atoms with Crippen molar-refractivity contribution in [3.63, 3.8) is 0 Å². The number of hydrogen-bond donors (Lipinski definition) is 2. The smallest absolute Gasteiger partial charge is 0.239 e. The zero-order valence-electron chi connectivity index (χ0n) is 13.3. The number of nitrogens with zero attached hydrogens (tertiary/aromatic N) is 1. The van der Waals surface area contributed by atoms with E-state index in [1.165, 1.54) is 13.8 Å². The van der Waals surface area contributed by atoms with Crippen LogP contribution < -0.4 is 10.6 Å². The summed E-state index contributed by atoms with van der Waals surface area (Å²) in [6.45, 7) is 3.03. The predicted molar refractivity (Wildman–Crippen MR) is 93.6 cm³/mol. The Morgan fingerprint density at radius 1 is 1.00 bits per heavy atom. The summed E-state index contributed by atoms with van der Waals surface area (Å²) in [4.78, 5) is 24.9. The summed E-state index contributed by atoms with van der Waals surface area (Å²) in [6.07, 6.45) is 0. The van der Waals surface area contributed by atoms with Crippen molar-refractivity contribution in [2.45, 2.75) is 13.8 Å². The molecule has 0 fully saturated rings. The summed E-state index contributed by atoms with van der Waals surface area (Å²) >= 11 is 5.80. The Labute approximate surface area is 145 Å². The number of halogens is 1. The van der Waals surface area contributed by atoms with Gasteiger partial charge in [-0.2, -0.15) is 5.26 Å². The van der Waals surface area contributed by atoms with Crippen molar-refractivity contribution in [1.82, 2.24) is 0 Å². The molecule has 0 aromatic heterocycles. The summed E-state index contributed by atoms with van der Waals surface area (Å²) in [6, 6.07) is 15.2. The van der Waals surface area contributed by atoms with Gasteiger partial charge in [0.1, 0.15) is 11.5 Å². The number of benzene rings is 2. The maximum atomic E-state index is 12.5. The monoisotopic (exact) mass is 341 g/mol. The molecule has 6 heteroatoms. The van der Waals surface area contributed by atoms with Gasteiger partial charge in [-0.25, -0.2) is 0 Å². The number of carbonyl (C=O) groups excluding carboxylic acids is 2. The highest BCUT2D eigenvalue weighted by atomic mass is 35.5. The van der Waals surface area contributed by atoms with Gasteiger partial charge in [-0.1, -0.05) is 23.7 Å². The van der Waals surface area contributed by atoms with Crippen molar-refractivity contribution < 1.29 is 9.59 Å². The Bertz CT molecular complexity index is 808. The largest absolute Gasteiger partial charge is 0.325 e. The Kier molecular flexibility index (Phi) is 5.22. The topological polar surface area (TPSA) is 82.0 Å². The second-order valence-corrected chi connectivity index (χ2v) is 6.13. The molecule has 2 N–H and O–H groups in total. The van der Waals surface area contributed by atoms with E-state index in [0.29, 0.717) is 22.0 Å². The first kappa shape index (κ1) is 17.5. The lowest BCUT2D eigenvalue weighted by Gasteiger charge is -2.23. The van der Waals surface area contributed by atoms with Crippen molar-refractivity contribution in [2.75, 3.05) is 10.6 Å². The van der Waals surface area contributed by atoms with Gasteiger partial charge in [0.2, 0.25) is 11.8 Å². The molecule has 0 atom stereocenters. The second kappa shape index (κ2) is 7.16. The lowest BCUT2D eigenvalue weighted by molar-refractivity contribution is -0.135. The minimum Gasteiger partial charge on any atom is -0.325 e. The van der Waals surface area contributed by atoms with Gasteiger partial charge in [0.25, 0.3) is 0 Å². The standard InChI is InChI=1S/C18H16ClN3O2/c1-18(2,16(23)21-14-9-7-13(19)8-10-14)17(24)22-15-6-4-3-5-12(15)11-20/h3-10H,1-2H3,(H,21,23)(H,22,24). The van der Waals surface area contributed by atoms with Gasteiger partial charge >= 0.3 is 0 Å². The Morgan fingerprint density at radius 3 is 2.21 bits per heavy atom. The number of rotatable bonds is 4. The number of carbonyl (C=O) groups is 2. The Balaban J connectivity index is 2.13. The molecule has 2 aromatic rings. The van der Waals surface area contributed by atoms with Gasteiger partial charge in [0.05, 0.1) is 11.3 Å². The van der Waals surface area contributed by atoms with Crippen molar-refractivity contribution in [1.29, 1.82) is 5.26 Å². The van der Waals surface area contributed by atoms with E-state index >= 15 is 0 Å². The lowest BCUT2D eigenvalue weighted by Crippen LogP contribution is -2.41. The molecule has 2 aromatic carbocycles. The second-order valence-electron chi connectivity index (χ2n) is 5.70. The van der Waals surface area contributed by atoms with E-state index in [0.717, 1.165) is 0 Å². The van der Waals surface area contributed by atoms with Crippen LogP contribution in [0.3, 0.4) is 0 Å². The highest BCUT2D eigenvalue weighted by Crippen LogP contribution is 2.23. The minimum atomic E-state index is -1.33. The van der Waals surface area contributed by atoms with Gasteiger partial charge in [0.15, 0.2) is 0 Å². The van der Waals surface area contributed by atoms with Gasteiger partial charge < -0.3 is 10.6 Å². The molecule has 2 rings (SSSR count). The molecule has 0 heterocycles. The van der Waals surface area contributed by atoms with E-state index < -0.39 is 17.2 Å². The molecule has 0 aliphatic heterocycles. The van der Waals surface area contributed by atoms with Crippen LogP contribution in [0, 0.1) is 16.7 Å². The molecule has 0 aliphatic rings. The fourth-order valence-electron chi connectivity index (χ4n) is 1.89. The quantitative estimate of drug-likeness (QED) is 0.829. The average molecular weight is 342 g/mol. The summed E-state index contributed by atoms with van der Waals surface area (Å²) in [5.74, 6) is -0.964. The van der Waals surface area contributed by atoms with Crippen LogP contribution in [0.1, 0.15) is 19.4 Å². The predicted octanol–water partition coefficient (Wildman–Crippen LogP) is 3.82. The highest BCUT2D eigenvalue weighted by Gasteiger charge is 2.36. The maximum Gasteiger partial charge on any atom is 0.239 e. The van der Waals surface area contributed by atoms with E-state index in [1.807, 2.05) is 6.07 Å². The van der Waals surface area contributed by atoms with E-state index in [4.69, 9.17) is 16.9 Å². The molecule has 24 heavy (non-hydrogen) atoms. The summed E-state index contributed by atoms with van der Waals surface area (Å²) in [5.41, 5.74) is -0.0813. The van der Waals surface area contributed by atoms with E-state index in [-0.39, 0.29) is 0 Å². The van der Waals surface area contributed by atoms with Crippen LogP contribution in [-0.2, 0) is 9.59 Å². The molecule has 0 saturated carbocycles. The molecule has 2 amide bonds. The first-order valence-electron chi connectivity index (χ1n) is 7.22. The van der Waals surface area contributed by atoms with Crippen molar-refractivity contribution in [3.05, 3.63) is 59.1 Å². The molecular weight excluding hydrogens is 326 g/mol. The molecule has 122 valence electrons. The molecule has 0 spiro atoms. The molecular formula is C18H16ClN3O2. The molecule has 0 aliphatic carbocycles. The summed E-state index contributed by atoms with van der Waals surface area (Å²) in [5, 5.41) is 14.9. The molecule has 0 bridgehead atoms. The maximum absolute atomic E-state index is 12.5. The van der Waals surface area contributed by atoms with Crippen LogP contribution in [0.4, 0.5) is 11.4 Å². The van der Waals surface area contributed by atoms with E-state index in [9.17, 15) is 9.59 Å². The number of nitriles is 1. The van der Waals surface area contributed by atoms with E-state index in [2.05, 4.69) is 10.6 Å². The zero-order valence-corrected chi connectivity index (χ0v) is 14.0. The van der Waals surface area contributed by atoms with Gasteiger partial charge in [0, 0.05) is 10.7 Å². The summed E-state index contributed by atoms with van der Waals surface area (Å²) in [7, 11) is 0. The zero-order chi connectivity index (χ0) is 17.7. The molecule has 5 nitrogen and oxygen atoms in total. The fourth-order valence-corrected chi connectivity index (χ4v) is 2.02. The highest BCUT2D eigenvalue weighted by molar-refractivity contribution is 6.30. The van der Waals surface area contributed by atoms with Crippen LogP contribution >= 0.6 is 11.6 Å². The number of para-hydroxylation sites is 1. The van der Waals surface area contributed by atoms with Crippen LogP contribution in [-0.4, -0.2) is 11.8 Å². The molecule has 0 radical (unpaired) electrons. The van der Waals surface area contributed by atoms with Crippen LogP contribution in [0.25, 0.3) is 0 Å². The average Bonchev–Trinajstić information content (AvgIpc) is 2.57. The SMILES string of the molecule is CC(C)(C(=O)Nc1ccc(Cl)cc1)C(=O)Nc1ccccc1C#N.